The maximum absolute atomic E-state index is 13.7. The third-order valence-electron chi connectivity index (χ3n) is 2.45. The van der Waals surface area contributed by atoms with Crippen molar-refractivity contribution >= 4 is 21.7 Å². The van der Waals surface area contributed by atoms with Crippen molar-refractivity contribution in [2.75, 3.05) is 19.5 Å². The predicted molar refractivity (Wildman–Crippen MR) is 76.4 cm³/mol. The SMILES string of the molecule is CNc1cc(Oc2cc(Br)cc(F)c2F)nc(COC)n1. The molecule has 0 aliphatic carbocycles. The molecule has 1 aromatic heterocycles. The second-order valence-electron chi connectivity index (χ2n) is 3.99. The number of methoxy groups -OCH3 is 1. The lowest BCUT2D eigenvalue weighted by molar-refractivity contribution is 0.177. The summed E-state index contributed by atoms with van der Waals surface area (Å²) in [5, 5.41) is 2.83. The van der Waals surface area contributed by atoms with Gasteiger partial charge in [-0.05, 0) is 12.1 Å². The average molecular weight is 360 g/mol. The Morgan fingerprint density at radius 2 is 2.00 bits per heavy atom. The lowest BCUT2D eigenvalue weighted by Crippen LogP contribution is -2.03. The molecule has 0 saturated heterocycles. The molecule has 0 aliphatic heterocycles. The minimum atomic E-state index is -1.09. The van der Waals surface area contributed by atoms with Gasteiger partial charge in [-0.15, -0.1) is 0 Å². The van der Waals surface area contributed by atoms with Crippen LogP contribution >= 0.6 is 15.9 Å². The molecule has 112 valence electrons. The summed E-state index contributed by atoms with van der Waals surface area (Å²) in [4.78, 5) is 8.20. The second kappa shape index (κ2) is 6.77. The van der Waals surface area contributed by atoms with E-state index in [0.717, 1.165) is 6.07 Å². The molecule has 2 rings (SSSR count). The molecule has 5 nitrogen and oxygen atoms in total. The highest BCUT2D eigenvalue weighted by molar-refractivity contribution is 9.10. The molecule has 0 aliphatic rings. The number of halogens is 3. The van der Waals surface area contributed by atoms with E-state index >= 15 is 0 Å². The first kappa shape index (κ1) is 15.6. The molecule has 0 fully saturated rings. The van der Waals surface area contributed by atoms with E-state index in [-0.39, 0.29) is 18.2 Å². The lowest BCUT2D eigenvalue weighted by atomic mass is 10.3. The van der Waals surface area contributed by atoms with Gasteiger partial charge in [0.1, 0.15) is 12.4 Å². The molecular weight excluding hydrogens is 348 g/mol. The Morgan fingerprint density at radius 3 is 2.67 bits per heavy atom. The maximum Gasteiger partial charge on any atom is 0.224 e. The first-order valence-electron chi connectivity index (χ1n) is 5.90. The van der Waals surface area contributed by atoms with Crippen molar-refractivity contribution in [1.82, 2.24) is 9.97 Å². The fraction of sp³-hybridized carbons (Fsp3) is 0.231. The molecule has 1 heterocycles. The van der Waals surface area contributed by atoms with E-state index in [4.69, 9.17) is 9.47 Å². The zero-order chi connectivity index (χ0) is 15.4. The number of nitrogens with zero attached hydrogens (tertiary/aromatic N) is 2. The molecule has 2 aromatic rings. The number of hydrogen-bond donors (Lipinski definition) is 1. The van der Waals surface area contributed by atoms with E-state index in [2.05, 4.69) is 31.2 Å². The Bertz CT molecular complexity index is 656. The highest BCUT2D eigenvalue weighted by atomic mass is 79.9. The van der Waals surface area contributed by atoms with E-state index in [1.54, 1.807) is 7.05 Å². The van der Waals surface area contributed by atoms with Crippen molar-refractivity contribution < 1.29 is 18.3 Å². The van der Waals surface area contributed by atoms with Crippen molar-refractivity contribution in [2.45, 2.75) is 6.61 Å². The molecule has 1 aromatic carbocycles. The highest BCUT2D eigenvalue weighted by Gasteiger charge is 2.14. The number of nitrogens with one attached hydrogen (secondary N) is 1. The van der Waals surface area contributed by atoms with Crippen LogP contribution in [0, 0.1) is 11.6 Å². The summed E-state index contributed by atoms with van der Waals surface area (Å²) >= 11 is 3.08. The molecule has 0 radical (unpaired) electrons. The molecule has 0 spiro atoms. The smallest absolute Gasteiger partial charge is 0.224 e. The molecule has 8 heteroatoms. The van der Waals surface area contributed by atoms with Gasteiger partial charge in [-0.3, -0.25) is 0 Å². The summed E-state index contributed by atoms with van der Waals surface area (Å²) in [6.07, 6.45) is 0. The molecular formula is C13H12BrF2N3O2. The lowest BCUT2D eigenvalue weighted by Gasteiger charge is -2.10. The third kappa shape index (κ3) is 3.85. The van der Waals surface area contributed by atoms with E-state index in [1.807, 2.05) is 0 Å². The summed E-state index contributed by atoms with van der Waals surface area (Å²) in [5.74, 6) is -1.46. The van der Waals surface area contributed by atoms with Crippen LogP contribution in [0.15, 0.2) is 22.7 Å². The Hall–Kier alpha value is -1.80. The Balaban J connectivity index is 2.37. The van der Waals surface area contributed by atoms with Crippen molar-refractivity contribution in [3.63, 3.8) is 0 Å². The normalized spacial score (nSPS) is 10.5. The first-order valence-corrected chi connectivity index (χ1v) is 6.70. The number of aromatic nitrogens is 2. The van der Waals surface area contributed by atoms with Gasteiger partial charge in [0.2, 0.25) is 11.7 Å². The second-order valence-corrected chi connectivity index (χ2v) is 4.91. The molecule has 21 heavy (non-hydrogen) atoms. The Labute approximate surface area is 128 Å². The maximum atomic E-state index is 13.7. The topological polar surface area (TPSA) is 56.3 Å². The number of anilines is 1. The fourth-order valence-corrected chi connectivity index (χ4v) is 1.97. The van der Waals surface area contributed by atoms with Crippen LogP contribution in [0.3, 0.4) is 0 Å². The molecule has 0 bridgehead atoms. The Morgan fingerprint density at radius 1 is 1.24 bits per heavy atom. The molecule has 0 amide bonds. The minimum Gasteiger partial charge on any atom is -0.436 e. The molecule has 1 N–H and O–H groups in total. The molecule has 0 saturated carbocycles. The number of rotatable bonds is 5. The van der Waals surface area contributed by atoms with Gasteiger partial charge >= 0.3 is 0 Å². The zero-order valence-corrected chi connectivity index (χ0v) is 12.9. The van der Waals surface area contributed by atoms with Crippen LogP contribution in [0.1, 0.15) is 5.82 Å². The number of hydrogen-bond acceptors (Lipinski definition) is 5. The van der Waals surface area contributed by atoms with Crippen molar-refractivity contribution in [3.8, 4) is 11.6 Å². The summed E-state index contributed by atoms with van der Waals surface area (Å²) in [6, 6.07) is 3.80. The van der Waals surface area contributed by atoms with Gasteiger partial charge in [0, 0.05) is 24.7 Å². The summed E-state index contributed by atoms with van der Waals surface area (Å²) in [7, 11) is 3.17. The van der Waals surface area contributed by atoms with Crippen LogP contribution in [-0.2, 0) is 11.3 Å². The van der Waals surface area contributed by atoms with Gasteiger partial charge in [-0.2, -0.15) is 9.37 Å². The quantitative estimate of drug-likeness (QED) is 0.828. The summed E-state index contributed by atoms with van der Waals surface area (Å²) in [6.45, 7) is 0.168. The third-order valence-corrected chi connectivity index (χ3v) is 2.91. The average Bonchev–Trinajstić information content (AvgIpc) is 2.44. The van der Waals surface area contributed by atoms with Gasteiger partial charge in [-0.25, -0.2) is 9.37 Å². The van der Waals surface area contributed by atoms with Crippen LogP contribution in [0.2, 0.25) is 0 Å². The van der Waals surface area contributed by atoms with Crippen LogP contribution in [0.25, 0.3) is 0 Å². The monoisotopic (exact) mass is 359 g/mol. The van der Waals surface area contributed by atoms with E-state index < -0.39 is 11.6 Å². The van der Waals surface area contributed by atoms with Gasteiger partial charge < -0.3 is 14.8 Å². The van der Waals surface area contributed by atoms with Crippen LogP contribution in [0.5, 0.6) is 11.6 Å². The first-order chi connectivity index (χ1) is 10.0. The van der Waals surface area contributed by atoms with Gasteiger partial charge in [-0.1, -0.05) is 15.9 Å². The Kier molecular flexibility index (Phi) is 5.03. The van der Waals surface area contributed by atoms with Gasteiger partial charge in [0.15, 0.2) is 17.4 Å². The van der Waals surface area contributed by atoms with E-state index in [0.29, 0.717) is 16.1 Å². The van der Waals surface area contributed by atoms with Crippen molar-refractivity contribution in [3.05, 3.63) is 40.1 Å². The van der Waals surface area contributed by atoms with Gasteiger partial charge in [0.05, 0.1) is 0 Å². The number of ether oxygens (including phenoxy) is 2. The largest absolute Gasteiger partial charge is 0.436 e. The summed E-state index contributed by atoms with van der Waals surface area (Å²) in [5.41, 5.74) is 0. The van der Waals surface area contributed by atoms with Crippen LogP contribution in [0.4, 0.5) is 14.6 Å². The van der Waals surface area contributed by atoms with Crippen LogP contribution in [-0.4, -0.2) is 24.1 Å². The number of benzene rings is 1. The van der Waals surface area contributed by atoms with Crippen LogP contribution < -0.4 is 10.1 Å². The van der Waals surface area contributed by atoms with E-state index in [9.17, 15) is 8.78 Å². The van der Waals surface area contributed by atoms with Gasteiger partial charge in [0.25, 0.3) is 0 Å². The highest BCUT2D eigenvalue weighted by Crippen LogP contribution is 2.29. The standard InChI is InChI=1S/C13H12BrF2N3O2/c1-17-10-5-12(19-11(18-10)6-20-2)21-9-4-7(14)3-8(15)13(9)16/h3-5H,6H2,1-2H3,(H,17,18,19). The zero-order valence-electron chi connectivity index (χ0n) is 11.3. The molecule has 0 atom stereocenters. The van der Waals surface area contributed by atoms with Crippen molar-refractivity contribution in [2.24, 2.45) is 0 Å². The summed E-state index contributed by atoms with van der Waals surface area (Å²) < 4.78 is 37.6. The molecule has 0 unspecified atom stereocenters. The van der Waals surface area contributed by atoms with E-state index in [1.165, 1.54) is 19.2 Å². The minimum absolute atomic E-state index is 0.0813. The fourth-order valence-electron chi connectivity index (χ4n) is 1.57. The van der Waals surface area contributed by atoms with Crippen molar-refractivity contribution in [1.29, 1.82) is 0 Å². The predicted octanol–water partition coefficient (Wildman–Crippen LogP) is 3.50.